The number of aliphatic hydroxyl groups excluding tert-OH is 1. The Balaban J connectivity index is 2.01. The van der Waals surface area contributed by atoms with Crippen LogP contribution in [0.3, 0.4) is 0 Å². The molecule has 0 spiro atoms. The first kappa shape index (κ1) is 17.2. The van der Waals surface area contributed by atoms with Crippen molar-refractivity contribution in [3.63, 3.8) is 0 Å². The smallest absolute Gasteiger partial charge is 0.222 e. The predicted octanol–water partition coefficient (Wildman–Crippen LogP) is 2.37. The van der Waals surface area contributed by atoms with Gasteiger partial charge in [-0.1, -0.05) is 19.1 Å². The van der Waals surface area contributed by atoms with Gasteiger partial charge in [0.05, 0.1) is 19.3 Å². The molecule has 20 heavy (non-hydrogen) atoms. The van der Waals surface area contributed by atoms with Gasteiger partial charge in [-0.05, 0) is 38.5 Å². The second-order valence-electron chi connectivity index (χ2n) is 5.66. The highest BCUT2D eigenvalue weighted by Gasteiger charge is 2.15. The summed E-state index contributed by atoms with van der Waals surface area (Å²) in [5.41, 5.74) is 0. The number of allylic oxidation sites excluding steroid dienone is 2. The maximum atomic E-state index is 11.9. The van der Waals surface area contributed by atoms with E-state index in [0.717, 1.165) is 38.8 Å². The molecule has 0 aromatic carbocycles. The minimum atomic E-state index is -0.245. The Morgan fingerprint density at radius 3 is 2.60 bits per heavy atom. The highest BCUT2D eigenvalue weighted by atomic mass is 16.5. The number of amides is 1. The van der Waals surface area contributed by atoms with Crippen molar-refractivity contribution in [2.75, 3.05) is 26.3 Å². The second kappa shape index (κ2) is 9.94. The molecular weight excluding hydrogens is 254 g/mol. The van der Waals surface area contributed by atoms with Crippen LogP contribution in [0.25, 0.3) is 0 Å². The fourth-order valence-corrected chi connectivity index (χ4v) is 2.13. The Hall–Kier alpha value is -0.870. The topological polar surface area (TPSA) is 49.8 Å². The molecule has 1 amide bonds. The van der Waals surface area contributed by atoms with Crippen molar-refractivity contribution in [2.45, 2.75) is 52.1 Å². The summed E-state index contributed by atoms with van der Waals surface area (Å²) in [6.07, 6.45) is 8.65. The Kier molecular flexibility index (Phi) is 8.54. The molecule has 1 fully saturated rings. The van der Waals surface area contributed by atoms with Crippen LogP contribution in [0.5, 0.6) is 0 Å². The van der Waals surface area contributed by atoms with E-state index in [-0.39, 0.29) is 12.0 Å². The largest absolute Gasteiger partial charge is 0.393 e. The molecule has 1 saturated heterocycles. The van der Waals surface area contributed by atoms with Gasteiger partial charge in [-0.25, -0.2) is 0 Å². The maximum absolute atomic E-state index is 11.9. The molecule has 0 bridgehead atoms. The fourth-order valence-electron chi connectivity index (χ4n) is 2.13. The molecule has 1 heterocycles. The van der Waals surface area contributed by atoms with Crippen molar-refractivity contribution in [1.82, 2.24) is 4.90 Å². The lowest BCUT2D eigenvalue weighted by atomic mass is 10.0. The molecule has 1 aliphatic heterocycles. The van der Waals surface area contributed by atoms with Crippen LogP contribution in [0.15, 0.2) is 12.2 Å². The fraction of sp³-hybridized carbons (Fsp3) is 0.812. The van der Waals surface area contributed by atoms with Gasteiger partial charge in [-0.15, -0.1) is 0 Å². The minimum Gasteiger partial charge on any atom is -0.393 e. The molecule has 4 heteroatoms. The Labute approximate surface area is 122 Å². The van der Waals surface area contributed by atoms with E-state index in [2.05, 4.69) is 19.1 Å². The van der Waals surface area contributed by atoms with E-state index in [1.165, 1.54) is 0 Å². The molecule has 1 rings (SSSR count). The zero-order valence-corrected chi connectivity index (χ0v) is 12.9. The SMILES string of the molecule is CC(O)C(C)CC=CCCCCC(=O)N1CCOCC1. The average Bonchev–Trinajstić information content (AvgIpc) is 2.46. The van der Waals surface area contributed by atoms with Crippen LogP contribution < -0.4 is 0 Å². The summed E-state index contributed by atoms with van der Waals surface area (Å²) < 4.78 is 5.23. The third kappa shape index (κ3) is 7.06. The van der Waals surface area contributed by atoms with Crippen molar-refractivity contribution in [2.24, 2.45) is 5.92 Å². The Morgan fingerprint density at radius 1 is 1.25 bits per heavy atom. The highest BCUT2D eigenvalue weighted by Crippen LogP contribution is 2.10. The van der Waals surface area contributed by atoms with E-state index in [1.807, 2.05) is 11.8 Å². The number of ether oxygens (including phenoxy) is 1. The first-order valence-electron chi connectivity index (χ1n) is 7.80. The van der Waals surface area contributed by atoms with E-state index in [9.17, 15) is 9.90 Å². The molecule has 116 valence electrons. The van der Waals surface area contributed by atoms with Crippen molar-refractivity contribution < 1.29 is 14.6 Å². The van der Waals surface area contributed by atoms with Gasteiger partial charge in [-0.3, -0.25) is 4.79 Å². The molecule has 4 nitrogen and oxygen atoms in total. The Morgan fingerprint density at radius 2 is 1.95 bits per heavy atom. The van der Waals surface area contributed by atoms with Gasteiger partial charge in [0.2, 0.25) is 5.91 Å². The van der Waals surface area contributed by atoms with E-state index >= 15 is 0 Å². The quantitative estimate of drug-likeness (QED) is 0.549. The first-order chi connectivity index (χ1) is 9.61. The summed E-state index contributed by atoms with van der Waals surface area (Å²) >= 11 is 0. The molecule has 0 radical (unpaired) electrons. The van der Waals surface area contributed by atoms with Gasteiger partial charge in [0.25, 0.3) is 0 Å². The zero-order chi connectivity index (χ0) is 14.8. The van der Waals surface area contributed by atoms with Crippen LogP contribution >= 0.6 is 0 Å². The highest BCUT2D eigenvalue weighted by molar-refractivity contribution is 5.76. The number of nitrogens with zero attached hydrogens (tertiary/aromatic N) is 1. The molecular formula is C16H29NO3. The number of hydrogen-bond acceptors (Lipinski definition) is 3. The number of unbranched alkanes of at least 4 members (excludes halogenated alkanes) is 2. The lowest BCUT2D eigenvalue weighted by molar-refractivity contribution is -0.135. The van der Waals surface area contributed by atoms with Gasteiger partial charge >= 0.3 is 0 Å². The summed E-state index contributed by atoms with van der Waals surface area (Å²) in [5.74, 6) is 0.578. The third-order valence-electron chi connectivity index (χ3n) is 3.87. The monoisotopic (exact) mass is 283 g/mol. The van der Waals surface area contributed by atoms with Crippen molar-refractivity contribution in [3.05, 3.63) is 12.2 Å². The second-order valence-corrected chi connectivity index (χ2v) is 5.66. The molecule has 0 aliphatic carbocycles. The lowest BCUT2D eigenvalue weighted by Gasteiger charge is -2.26. The number of morpholine rings is 1. The number of hydrogen-bond donors (Lipinski definition) is 1. The summed E-state index contributed by atoms with van der Waals surface area (Å²) in [5, 5.41) is 9.36. The standard InChI is InChI=1S/C16H29NO3/c1-14(15(2)18)8-6-4-3-5-7-9-16(19)17-10-12-20-13-11-17/h4,6,14-15,18H,3,5,7-13H2,1-2H3. The van der Waals surface area contributed by atoms with Gasteiger partial charge in [0, 0.05) is 19.5 Å². The van der Waals surface area contributed by atoms with Crippen LogP contribution in [-0.2, 0) is 9.53 Å². The van der Waals surface area contributed by atoms with Crippen LogP contribution in [0, 0.1) is 5.92 Å². The third-order valence-corrected chi connectivity index (χ3v) is 3.87. The van der Waals surface area contributed by atoms with Gasteiger partial charge in [0.1, 0.15) is 0 Å². The number of carbonyl (C=O) groups is 1. The van der Waals surface area contributed by atoms with Crippen molar-refractivity contribution in [3.8, 4) is 0 Å². The van der Waals surface area contributed by atoms with Crippen LogP contribution in [0.1, 0.15) is 46.0 Å². The number of carbonyl (C=O) groups excluding carboxylic acids is 1. The molecule has 1 aliphatic rings. The molecule has 0 aromatic rings. The van der Waals surface area contributed by atoms with Crippen molar-refractivity contribution in [1.29, 1.82) is 0 Å². The normalized spacial score (nSPS) is 19.2. The minimum absolute atomic E-state index is 0.245. The van der Waals surface area contributed by atoms with E-state index in [0.29, 0.717) is 25.6 Å². The van der Waals surface area contributed by atoms with Gasteiger partial charge in [-0.2, -0.15) is 0 Å². The van der Waals surface area contributed by atoms with E-state index in [1.54, 1.807) is 0 Å². The molecule has 0 aromatic heterocycles. The molecule has 2 atom stereocenters. The molecule has 1 N–H and O–H groups in total. The van der Waals surface area contributed by atoms with Gasteiger partial charge < -0.3 is 14.7 Å². The summed E-state index contributed by atoms with van der Waals surface area (Å²) in [4.78, 5) is 13.8. The van der Waals surface area contributed by atoms with E-state index < -0.39 is 0 Å². The summed E-state index contributed by atoms with van der Waals surface area (Å²) in [7, 11) is 0. The predicted molar refractivity (Wildman–Crippen MR) is 80.5 cm³/mol. The molecule has 2 unspecified atom stereocenters. The number of rotatable bonds is 8. The first-order valence-corrected chi connectivity index (χ1v) is 7.80. The Bertz CT molecular complexity index is 296. The van der Waals surface area contributed by atoms with Crippen LogP contribution in [-0.4, -0.2) is 48.3 Å². The average molecular weight is 283 g/mol. The summed E-state index contributed by atoms with van der Waals surface area (Å²) in [6, 6.07) is 0. The van der Waals surface area contributed by atoms with E-state index in [4.69, 9.17) is 4.74 Å². The maximum Gasteiger partial charge on any atom is 0.222 e. The number of aliphatic hydroxyl groups is 1. The van der Waals surface area contributed by atoms with Crippen LogP contribution in [0.4, 0.5) is 0 Å². The lowest BCUT2D eigenvalue weighted by Crippen LogP contribution is -2.40. The summed E-state index contributed by atoms with van der Waals surface area (Å²) in [6.45, 7) is 6.73. The van der Waals surface area contributed by atoms with Gasteiger partial charge in [0.15, 0.2) is 0 Å². The zero-order valence-electron chi connectivity index (χ0n) is 12.9. The van der Waals surface area contributed by atoms with Crippen LogP contribution in [0.2, 0.25) is 0 Å². The van der Waals surface area contributed by atoms with Crippen molar-refractivity contribution >= 4 is 5.91 Å². The molecule has 0 saturated carbocycles.